The first kappa shape index (κ1) is 23.2. The van der Waals surface area contributed by atoms with E-state index in [4.69, 9.17) is 11.6 Å². The van der Waals surface area contributed by atoms with Crippen LogP contribution in [0.3, 0.4) is 0 Å². The number of hydrogen-bond donors (Lipinski definition) is 2. The van der Waals surface area contributed by atoms with Crippen molar-refractivity contribution in [2.45, 2.75) is 26.3 Å². The van der Waals surface area contributed by atoms with Gasteiger partial charge in [-0.1, -0.05) is 11.6 Å². The van der Waals surface area contributed by atoms with Gasteiger partial charge in [-0.15, -0.1) is 0 Å². The molecule has 0 saturated heterocycles. The molecule has 10 nitrogen and oxygen atoms in total. The molecule has 0 unspecified atom stereocenters. The van der Waals surface area contributed by atoms with E-state index < -0.39 is 47.6 Å². The second-order valence-corrected chi connectivity index (χ2v) is 7.02. The van der Waals surface area contributed by atoms with Crippen molar-refractivity contribution >= 4 is 34.8 Å². The summed E-state index contributed by atoms with van der Waals surface area (Å²) in [6.07, 6.45) is -3.82. The topological polar surface area (TPSA) is 112 Å². The Morgan fingerprint density at radius 3 is 2.22 bits per heavy atom. The molecule has 3 aromatic heterocycles. The summed E-state index contributed by atoms with van der Waals surface area (Å²) < 4.78 is 55.6. The summed E-state index contributed by atoms with van der Waals surface area (Å²) in [5.41, 5.74) is -1.01. The third-order valence-corrected chi connectivity index (χ3v) is 4.96. The van der Waals surface area contributed by atoms with Crippen LogP contribution < -0.4 is 10.6 Å². The summed E-state index contributed by atoms with van der Waals surface area (Å²) in [5.74, 6) is -1.53. The van der Waals surface area contributed by atoms with E-state index in [0.29, 0.717) is 16.1 Å². The van der Waals surface area contributed by atoms with E-state index in [1.165, 1.54) is 24.1 Å². The van der Waals surface area contributed by atoms with Gasteiger partial charge in [0.25, 0.3) is 18.8 Å². The van der Waals surface area contributed by atoms with E-state index in [1.54, 1.807) is 18.7 Å². The van der Waals surface area contributed by atoms with Crippen molar-refractivity contribution in [1.82, 2.24) is 29.3 Å². The lowest BCUT2D eigenvalue weighted by Gasteiger charge is -2.10. The Balaban J connectivity index is 1.81. The van der Waals surface area contributed by atoms with Crippen LogP contribution in [0.15, 0.2) is 12.4 Å². The first-order valence-electron chi connectivity index (χ1n) is 8.95. The smallest absolute Gasteiger partial charge is 0.283 e. The van der Waals surface area contributed by atoms with Gasteiger partial charge in [-0.3, -0.25) is 23.6 Å². The molecule has 2 N–H and O–H groups in total. The van der Waals surface area contributed by atoms with Crippen molar-refractivity contribution in [3.8, 4) is 0 Å². The van der Waals surface area contributed by atoms with Crippen LogP contribution in [0.25, 0.3) is 0 Å². The van der Waals surface area contributed by atoms with Crippen molar-refractivity contribution in [1.29, 1.82) is 0 Å². The average Bonchev–Trinajstić information content (AvgIpc) is 3.32. The number of aryl methyl sites for hydroxylation is 2. The zero-order chi connectivity index (χ0) is 23.7. The lowest BCUT2D eigenvalue weighted by Crippen LogP contribution is -2.24. The normalized spacial score (nSPS) is 11.4. The fourth-order valence-electron chi connectivity index (χ4n) is 2.87. The van der Waals surface area contributed by atoms with Gasteiger partial charge >= 0.3 is 0 Å². The highest BCUT2D eigenvalue weighted by molar-refractivity contribution is 6.32. The van der Waals surface area contributed by atoms with E-state index in [2.05, 4.69) is 25.9 Å². The molecule has 3 heterocycles. The maximum Gasteiger partial charge on any atom is 0.283 e. The average molecular weight is 477 g/mol. The molecule has 15 heteroatoms. The number of anilines is 2. The first-order chi connectivity index (χ1) is 15.0. The van der Waals surface area contributed by atoms with Gasteiger partial charge in [0.1, 0.15) is 23.6 Å². The second-order valence-electron chi connectivity index (χ2n) is 6.64. The number of nitrogens with zero attached hydrogens (tertiary/aromatic N) is 6. The zero-order valence-electron chi connectivity index (χ0n) is 16.9. The summed E-state index contributed by atoms with van der Waals surface area (Å²) in [5, 5.41) is 15.3. The van der Waals surface area contributed by atoms with Gasteiger partial charge in [0.05, 0.1) is 34.5 Å². The first-order valence-corrected chi connectivity index (χ1v) is 9.33. The molecular formula is C17H17ClF4N8O2. The number of hydrogen-bond acceptors (Lipinski definition) is 5. The predicted octanol–water partition coefficient (Wildman–Crippen LogP) is 3.08. The largest absolute Gasteiger partial charge is 0.321 e. The fourth-order valence-corrected chi connectivity index (χ4v) is 3.17. The summed E-state index contributed by atoms with van der Waals surface area (Å²) in [6, 6.07) is 0. The molecule has 32 heavy (non-hydrogen) atoms. The monoisotopic (exact) mass is 476 g/mol. The summed E-state index contributed by atoms with van der Waals surface area (Å²) in [4.78, 5) is 25.1. The van der Waals surface area contributed by atoms with Crippen LogP contribution in [0.1, 0.15) is 40.4 Å². The SMILES string of the molecule is Cc1c(NC(=O)c2c(NC(=O)Cn3nc(C(F)F)c(Cl)c3C(F)F)cnn2C)cnn1C. The highest BCUT2D eigenvalue weighted by atomic mass is 35.5. The van der Waals surface area contributed by atoms with Crippen LogP contribution in [-0.4, -0.2) is 41.2 Å². The van der Waals surface area contributed by atoms with Gasteiger partial charge in [-0.05, 0) is 6.92 Å². The Kier molecular flexibility index (Phi) is 6.52. The van der Waals surface area contributed by atoms with Crippen LogP contribution in [0.4, 0.5) is 28.9 Å². The summed E-state index contributed by atoms with van der Waals surface area (Å²) in [7, 11) is 3.15. The lowest BCUT2D eigenvalue weighted by molar-refractivity contribution is -0.117. The Morgan fingerprint density at radius 1 is 1.03 bits per heavy atom. The molecule has 172 valence electrons. The standard InChI is InChI=1S/C17H17ClF4N8O2/c1-7-8(4-23-28(7)2)26-17(32)13-9(5-24-29(13)3)25-10(31)6-30-14(16(21)22)11(18)12(27-30)15(19)20/h4-5,15-16H,6H2,1-3H3,(H,25,31)(H,26,32). The van der Waals surface area contributed by atoms with E-state index in [1.807, 2.05) is 0 Å². The van der Waals surface area contributed by atoms with Crippen molar-refractivity contribution in [2.75, 3.05) is 10.6 Å². The number of halogens is 5. The molecule has 0 aliphatic heterocycles. The Bertz CT molecular complexity index is 1170. The van der Waals surface area contributed by atoms with Crippen molar-refractivity contribution in [2.24, 2.45) is 14.1 Å². The minimum atomic E-state index is -3.24. The van der Waals surface area contributed by atoms with Gasteiger partial charge in [-0.2, -0.15) is 15.3 Å². The summed E-state index contributed by atoms with van der Waals surface area (Å²) in [6.45, 7) is 0.891. The van der Waals surface area contributed by atoms with Crippen LogP contribution in [0, 0.1) is 6.92 Å². The molecule has 0 spiro atoms. The van der Waals surface area contributed by atoms with Gasteiger partial charge in [0, 0.05) is 14.1 Å². The van der Waals surface area contributed by atoms with Crippen molar-refractivity contribution in [3.63, 3.8) is 0 Å². The number of nitrogens with one attached hydrogen (secondary N) is 2. The molecule has 3 rings (SSSR count). The summed E-state index contributed by atoms with van der Waals surface area (Å²) >= 11 is 5.58. The van der Waals surface area contributed by atoms with E-state index in [-0.39, 0.29) is 11.4 Å². The number of amides is 2. The van der Waals surface area contributed by atoms with Gasteiger partial charge in [0.15, 0.2) is 0 Å². The van der Waals surface area contributed by atoms with Crippen LogP contribution in [-0.2, 0) is 25.4 Å². The molecule has 3 aromatic rings. The maximum absolute atomic E-state index is 13.3. The second kappa shape index (κ2) is 8.98. The minimum Gasteiger partial charge on any atom is -0.321 e. The molecule has 0 fully saturated rings. The molecule has 2 amide bonds. The zero-order valence-corrected chi connectivity index (χ0v) is 17.7. The molecule has 0 aliphatic carbocycles. The lowest BCUT2D eigenvalue weighted by atomic mass is 10.3. The molecule has 0 aromatic carbocycles. The van der Waals surface area contributed by atoms with Crippen molar-refractivity contribution < 1.29 is 27.2 Å². The van der Waals surface area contributed by atoms with Crippen molar-refractivity contribution in [3.05, 3.63) is 40.2 Å². The minimum absolute atomic E-state index is 0.0255. The Morgan fingerprint density at radius 2 is 1.66 bits per heavy atom. The molecular weight excluding hydrogens is 460 g/mol. The van der Waals surface area contributed by atoms with E-state index in [0.717, 1.165) is 0 Å². The Labute approximate surface area is 183 Å². The van der Waals surface area contributed by atoms with E-state index >= 15 is 0 Å². The Hall–Kier alpha value is -3.42. The van der Waals surface area contributed by atoms with Crippen LogP contribution >= 0.6 is 11.6 Å². The molecule has 0 radical (unpaired) electrons. The van der Waals surface area contributed by atoms with E-state index in [9.17, 15) is 27.2 Å². The molecule has 0 atom stereocenters. The van der Waals surface area contributed by atoms with Gasteiger partial charge in [0.2, 0.25) is 5.91 Å². The number of alkyl halides is 4. The van der Waals surface area contributed by atoms with Gasteiger partial charge in [-0.25, -0.2) is 17.6 Å². The highest BCUT2D eigenvalue weighted by Gasteiger charge is 2.29. The molecule has 0 bridgehead atoms. The number of carbonyl (C=O) groups is 2. The fraction of sp³-hybridized carbons (Fsp3) is 0.353. The molecule has 0 saturated carbocycles. The number of rotatable bonds is 7. The van der Waals surface area contributed by atoms with Crippen LogP contribution in [0.5, 0.6) is 0 Å². The predicted molar refractivity (Wildman–Crippen MR) is 105 cm³/mol. The maximum atomic E-state index is 13.3. The number of carbonyl (C=O) groups excluding carboxylic acids is 2. The number of aromatic nitrogens is 6. The third-order valence-electron chi connectivity index (χ3n) is 4.57. The molecule has 0 aliphatic rings. The third kappa shape index (κ3) is 4.44. The highest BCUT2D eigenvalue weighted by Crippen LogP contribution is 2.34. The van der Waals surface area contributed by atoms with Gasteiger partial charge < -0.3 is 10.6 Å². The van der Waals surface area contributed by atoms with Crippen LogP contribution in [0.2, 0.25) is 5.02 Å². The quantitative estimate of drug-likeness (QED) is 0.509.